The van der Waals surface area contributed by atoms with Gasteiger partial charge in [-0.3, -0.25) is 9.20 Å². The maximum Gasteiger partial charge on any atom is 0.270 e. The Morgan fingerprint density at radius 1 is 1.37 bits per heavy atom. The Morgan fingerprint density at radius 2 is 2.11 bits per heavy atom. The highest BCUT2D eigenvalue weighted by Crippen LogP contribution is 2.57. The summed E-state index contributed by atoms with van der Waals surface area (Å²) < 4.78 is 7.49. The molecule has 0 aliphatic heterocycles. The molecular weight excluding hydrogens is 342 g/mol. The van der Waals surface area contributed by atoms with Gasteiger partial charge in [0.15, 0.2) is 11.4 Å². The second kappa shape index (κ2) is 5.71. The maximum absolute atomic E-state index is 13.3. The van der Waals surface area contributed by atoms with Crippen LogP contribution < -0.4 is 10.1 Å². The van der Waals surface area contributed by atoms with Crippen molar-refractivity contribution >= 4 is 11.6 Å². The molecule has 4 fully saturated rings. The molecule has 144 valence electrons. The summed E-state index contributed by atoms with van der Waals surface area (Å²) in [7, 11) is 0. The highest BCUT2D eigenvalue weighted by Gasteiger charge is 2.57. The smallest absolute Gasteiger partial charge is 0.270 e. The van der Waals surface area contributed by atoms with Crippen molar-refractivity contribution < 1.29 is 14.6 Å². The summed E-state index contributed by atoms with van der Waals surface area (Å²) in [6.45, 7) is 4.35. The predicted octanol–water partition coefficient (Wildman–Crippen LogP) is 2.85. The molecule has 2 heterocycles. The van der Waals surface area contributed by atoms with Gasteiger partial charge < -0.3 is 15.2 Å². The van der Waals surface area contributed by atoms with Crippen LogP contribution in [0, 0.1) is 18.8 Å². The summed E-state index contributed by atoms with van der Waals surface area (Å²) in [6.07, 6.45) is 7.50. The molecule has 0 saturated heterocycles. The van der Waals surface area contributed by atoms with Gasteiger partial charge in [-0.15, -0.1) is 0 Å². The molecule has 2 N–H and O–H groups in total. The van der Waals surface area contributed by atoms with Gasteiger partial charge in [0, 0.05) is 11.7 Å². The number of imidazole rings is 1. The molecule has 1 amide bonds. The van der Waals surface area contributed by atoms with Crippen LogP contribution in [-0.2, 0) is 0 Å². The van der Waals surface area contributed by atoms with Crippen molar-refractivity contribution in [1.29, 1.82) is 0 Å². The van der Waals surface area contributed by atoms with E-state index in [9.17, 15) is 9.90 Å². The number of rotatable bonds is 4. The molecular formula is C21H27N3O3. The maximum atomic E-state index is 13.3. The lowest BCUT2D eigenvalue weighted by molar-refractivity contribution is -0.139. The zero-order valence-electron chi connectivity index (χ0n) is 16.0. The fourth-order valence-corrected chi connectivity index (χ4v) is 6.36. The lowest BCUT2D eigenvalue weighted by atomic mass is 9.51. The molecule has 27 heavy (non-hydrogen) atoms. The van der Waals surface area contributed by atoms with Crippen LogP contribution in [0.3, 0.4) is 0 Å². The average Bonchev–Trinajstić information content (AvgIpc) is 2.89. The highest BCUT2D eigenvalue weighted by molar-refractivity contribution is 5.95. The third-order valence-corrected chi connectivity index (χ3v) is 6.71. The van der Waals surface area contributed by atoms with Gasteiger partial charge in [-0.05, 0) is 76.3 Å². The van der Waals surface area contributed by atoms with Gasteiger partial charge in [0.1, 0.15) is 5.69 Å². The Hall–Kier alpha value is -2.08. The number of fused-ring (bicyclic) bond motifs is 1. The summed E-state index contributed by atoms with van der Waals surface area (Å²) in [6, 6.07) is 3.75. The van der Waals surface area contributed by atoms with Crippen molar-refractivity contribution in [3.63, 3.8) is 0 Å². The van der Waals surface area contributed by atoms with E-state index in [1.165, 1.54) is 6.42 Å². The first-order valence-electron chi connectivity index (χ1n) is 10.1. The highest BCUT2D eigenvalue weighted by atomic mass is 16.5. The number of aryl methyl sites for hydroxylation is 1. The largest absolute Gasteiger partial charge is 0.490 e. The summed E-state index contributed by atoms with van der Waals surface area (Å²) in [5.41, 5.74) is 1.07. The zero-order chi connectivity index (χ0) is 18.8. The van der Waals surface area contributed by atoms with E-state index in [4.69, 9.17) is 4.74 Å². The number of aromatic nitrogens is 2. The van der Waals surface area contributed by atoms with Crippen molar-refractivity contribution in [2.24, 2.45) is 11.8 Å². The predicted molar refractivity (Wildman–Crippen MR) is 101 cm³/mol. The van der Waals surface area contributed by atoms with Crippen LogP contribution in [0.2, 0.25) is 0 Å². The topological polar surface area (TPSA) is 75.9 Å². The standard InChI is InChI=1S/C21H27N3O3/c1-3-27-16-5-4-6-24-17(13(2)22-18(16)24)19(25)23-20-8-14-7-15(9-20)11-21(26,10-14)12-20/h4-6,14-15,26H,3,7-12H2,1-2H3,(H,23,25). The Labute approximate surface area is 158 Å². The van der Waals surface area contributed by atoms with Crippen LogP contribution in [0.15, 0.2) is 18.3 Å². The number of carbonyl (C=O) groups excluding carboxylic acids is 1. The van der Waals surface area contributed by atoms with Gasteiger partial charge in [-0.1, -0.05) is 0 Å². The molecule has 6 rings (SSSR count). The van der Waals surface area contributed by atoms with Gasteiger partial charge in [-0.2, -0.15) is 0 Å². The first kappa shape index (κ1) is 17.0. The first-order chi connectivity index (χ1) is 12.9. The average molecular weight is 369 g/mol. The Kier molecular flexibility index (Phi) is 3.60. The van der Waals surface area contributed by atoms with E-state index in [1.54, 1.807) is 0 Å². The van der Waals surface area contributed by atoms with Crippen LogP contribution >= 0.6 is 0 Å². The van der Waals surface area contributed by atoms with Crippen LogP contribution in [0.5, 0.6) is 5.75 Å². The molecule has 2 unspecified atom stereocenters. The molecule has 0 radical (unpaired) electrons. The van der Waals surface area contributed by atoms with Gasteiger partial charge in [0.05, 0.1) is 17.9 Å². The number of nitrogens with one attached hydrogen (secondary N) is 1. The molecule has 4 aliphatic rings. The number of aliphatic hydroxyl groups is 1. The number of hydrogen-bond donors (Lipinski definition) is 2. The van der Waals surface area contributed by atoms with Crippen molar-refractivity contribution in [1.82, 2.24) is 14.7 Å². The molecule has 6 heteroatoms. The summed E-state index contributed by atoms with van der Waals surface area (Å²) in [5.74, 6) is 1.65. The van der Waals surface area contributed by atoms with E-state index >= 15 is 0 Å². The molecule has 0 aromatic carbocycles. The number of carbonyl (C=O) groups is 1. The minimum absolute atomic E-state index is 0.0980. The lowest BCUT2D eigenvalue weighted by Gasteiger charge is -2.60. The molecule has 0 spiro atoms. The second-order valence-electron chi connectivity index (χ2n) is 8.96. The third kappa shape index (κ3) is 2.64. The fraction of sp³-hybridized carbons (Fsp3) is 0.619. The minimum atomic E-state index is -0.589. The van der Waals surface area contributed by atoms with Crippen molar-refractivity contribution in [2.75, 3.05) is 6.61 Å². The Morgan fingerprint density at radius 3 is 2.78 bits per heavy atom. The summed E-state index contributed by atoms with van der Waals surface area (Å²) in [4.78, 5) is 17.9. The molecule has 2 atom stereocenters. The number of hydrogen-bond acceptors (Lipinski definition) is 4. The molecule has 4 bridgehead atoms. The summed E-state index contributed by atoms with van der Waals surface area (Å²) >= 11 is 0. The third-order valence-electron chi connectivity index (χ3n) is 6.71. The normalized spacial score (nSPS) is 34.2. The fourth-order valence-electron chi connectivity index (χ4n) is 6.36. The molecule has 4 aliphatic carbocycles. The van der Waals surface area contributed by atoms with E-state index in [-0.39, 0.29) is 11.4 Å². The van der Waals surface area contributed by atoms with Crippen LogP contribution in [0.1, 0.15) is 61.6 Å². The van der Waals surface area contributed by atoms with E-state index in [2.05, 4.69) is 10.3 Å². The number of nitrogens with zero attached hydrogens (tertiary/aromatic N) is 2. The van der Waals surface area contributed by atoms with Crippen LogP contribution in [-0.4, -0.2) is 38.1 Å². The SMILES string of the molecule is CCOc1cccn2c(C(=O)NC34CC5CC(CC(O)(C5)C3)C4)c(C)nc12. The Balaban J connectivity index is 1.48. The monoisotopic (exact) mass is 369 g/mol. The van der Waals surface area contributed by atoms with Crippen LogP contribution in [0.4, 0.5) is 0 Å². The van der Waals surface area contributed by atoms with Crippen molar-refractivity contribution in [3.8, 4) is 5.75 Å². The van der Waals surface area contributed by atoms with Crippen molar-refractivity contribution in [2.45, 2.75) is 63.5 Å². The summed E-state index contributed by atoms with van der Waals surface area (Å²) in [5, 5.41) is 14.3. The van der Waals surface area contributed by atoms with Gasteiger partial charge in [-0.25, -0.2) is 4.98 Å². The second-order valence-corrected chi connectivity index (χ2v) is 8.96. The van der Waals surface area contributed by atoms with Crippen LogP contribution in [0.25, 0.3) is 5.65 Å². The van der Waals surface area contributed by atoms with E-state index in [0.29, 0.717) is 47.6 Å². The number of ether oxygens (including phenoxy) is 1. The minimum Gasteiger partial charge on any atom is -0.490 e. The molecule has 2 aromatic rings. The van der Waals surface area contributed by atoms with Crippen molar-refractivity contribution in [3.05, 3.63) is 29.7 Å². The molecule has 2 aromatic heterocycles. The molecule has 4 saturated carbocycles. The Bertz CT molecular complexity index is 905. The van der Waals surface area contributed by atoms with E-state index < -0.39 is 5.60 Å². The zero-order valence-corrected chi connectivity index (χ0v) is 16.0. The van der Waals surface area contributed by atoms with E-state index in [1.807, 2.05) is 36.6 Å². The van der Waals surface area contributed by atoms with Gasteiger partial charge in [0.25, 0.3) is 5.91 Å². The lowest BCUT2D eigenvalue weighted by Crippen LogP contribution is -2.65. The van der Waals surface area contributed by atoms with E-state index in [0.717, 1.165) is 25.7 Å². The van der Waals surface area contributed by atoms with Gasteiger partial charge >= 0.3 is 0 Å². The quantitative estimate of drug-likeness (QED) is 0.869. The van der Waals surface area contributed by atoms with Gasteiger partial charge in [0.2, 0.25) is 0 Å². The number of amides is 1. The molecule has 6 nitrogen and oxygen atoms in total. The number of pyridine rings is 1. The first-order valence-corrected chi connectivity index (χ1v) is 10.1.